The first-order valence-electron chi connectivity index (χ1n) is 16.0. The van der Waals surface area contributed by atoms with E-state index in [4.69, 9.17) is 9.47 Å². The third-order valence-electron chi connectivity index (χ3n) is 14.4. The fourth-order valence-electron chi connectivity index (χ4n) is 12.5. The number of hydrogen-bond donors (Lipinski definition) is 3. The van der Waals surface area contributed by atoms with E-state index in [1.807, 2.05) is 0 Å². The summed E-state index contributed by atoms with van der Waals surface area (Å²) in [4.78, 5) is 12.9. The van der Waals surface area contributed by atoms with Gasteiger partial charge in [-0.2, -0.15) is 12.6 Å². The number of hydrogen-bond acceptors (Lipinski definition) is 6. The molecular formula is C33H52F2O5S. The zero-order chi connectivity index (χ0) is 30.2. The normalized spacial score (nSPS) is 53.1. The van der Waals surface area contributed by atoms with Crippen LogP contribution in [0, 0.1) is 44.8 Å². The van der Waals surface area contributed by atoms with Crippen molar-refractivity contribution in [3.8, 4) is 0 Å². The molecule has 234 valence electrons. The molecule has 0 aromatic heterocycles. The Morgan fingerprint density at radius 3 is 2.27 bits per heavy atom. The molecule has 41 heavy (non-hydrogen) atoms. The van der Waals surface area contributed by atoms with Gasteiger partial charge in [-0.25, -0.2) is 8.78 Å². The topological polar surface area (TPSA) is 76.0 Å². The van der Waals surface area contributed by atoms with Crippen LogP contribution in [0.3, 0.4) is 0 Å². The summed E-state index contributed by atoms with van der Waals surface area (Å²) in [6.07, 6.45) is 4.62. The quantitative estimate of drug-likeness (QED) is 0.246. The zero-order valence-electron chi connectivity index (χ0n) is 26.1. The number of aliphatic hydroxyl groups is 2. The lowest BCUT2D eigenvalue weighted by Gasteiger charge is -2.65. The highest BCUT2D eigenvalue weighted by molar-refractivity contribution is 7.80. The summed E-state index contributed by atoms with van der Waals surface area (Å²) in [6.45, 7) is 13.8. The summed E-state index contributed by atoms with van der Waals surface area (Å²) in [6, 6.07) is 0. The number of aliphatic hydroxyl groups excluding tert-OH is 1. The van der Waals surface area contributed by atoms with E-state index in [1.165, 1.54) is 0 Å². The summed E-state index contributed by atoms with van der Waals surface area (Å²) in [7, 11) is 0. The van der Waals surface area contributed by atoms with Crippen LogP contribution < -0.4 is 0 Å². The number of halogens is 2. The van der Waals surface area contributed by atoms with Gasteiger partial charge in [-0.1, -0.05) is 27.7 Å². The molecule has 0 aromatic carbocycles. The van der Waals surface area contributed by atoms with Crippen molar-refractivity contribution in [2.45, 2.75) is 148 Å². The van der Waals surface area contributed by atoms with Gasteiger partial charge in [0.15, 0.2) is 0 Å². The lowest BCUT2D eigenvalue weighted by atomic mass is 9.41. The maximum absolute atomic E-state index is 15.6. The first kappa shape index (κ1) is 30.6. The van der Waals surface area contributed by atoms with E-state index in [0.29, 0.717) is 25.0 Å². The van der Waals surface area contributed by atoms with Crippen LogP contribution in [0.25, 0.3) is 0 Å². The second kappa shape index (κ2) is 8.84. The number of esters is 1. The molecule has 6 aliphatic rings. The Kier molecular flexibility index (Phi) is 6.60. The molecule has 6 fully saturated rings. The Hall–Kier alpha value is -0.440. The largest absolute Gasteiger partial charge is 0.462 e. The standard InChI is InChI=1S/C33H52F2O5S/c1-26(2)25-20(39-23(37)9-15-41)16-21-29(6)17-19(36)24(30(7)10-8-22(40-30)27(3,4)38)28(29,5)11-12-31(21)18-32(25,31)13-14-33(26,34)35/h19-22,24-25,36,38,41H,8-18H2,1-7H3/t19-,20-,21-,22-,24-,25-,28+,29-,30-,31-,32+/m0/s1. The number of alkyl halides is 2. The van der Waals surface area contributed by atoms with Crippen LogP contribution in [0.4, 0.5) is 8.78 Å². The molecule has 1 saturated heterocycles. The minimum atomic E-state index is -2.82. The minimum absolute atomic E-state index is 0.0617. The number of rotatable bonds is 5. The van der Waals surface area contributed by atoms with E-state index < -0.39 is 40.7 Å². The molecule has 6 rings (SSSR count). The van der Waals surface area contributed by atoms with Crippen LogP contribution in [0.15, 0.2) is 0 Å². The van der Waals surface area contributed by atoms with Crippen LogP contribution in [-0.4, -0.2) is 57.4 Å². The van der Waals surface area contributed by atoms with Gasteiger partial charge in [-0.15, -0.1) is 0 Å². The number of fused-ring (bicyclic) bond motifs is 2. The predicted molar refractivity (Wildman–Crippen MR) is 156 cm³/mol. The Bertz CT molecular complexity index is 1110. The van der Waals surface area contributed by atoms with Gasteiger partial charge in [0, 0.05) is 29.4 Å². The van der Waals surface area contributed by atoms with Crippen molar-refractivity contribution in [1.82, 2.24) is 0 Å². The van der Waals surface area contributed by atoms with E-state index in [1.54, 1.807) is 27.7 Å². The Balaban J connectivity index is 1.39. The highest BCUT2D eigenvalue weighted by atomic mass is 32.1. The molecule has 5 aliphatic carbocycles. The summed E-state index contributed by atoms with van der Waals surface area (Å²) in [5, 5.41) is 22.6. The van der Waals surface area contributed by atoms with Crippen molar-refractivity contribution in [2.75, 3.05) is 5.75 Å². The number of carbonyl (C=O) groups excluding carboxylic acids is 1. The van der Waals surface area contributed by atoms with Crippen molar-refractivity contribution in [3.05, 3.63) is 0 Å². The fraction of sp³-hybridized carbons (Fsp3) is 0.970. The third-order valence-corrected chi connectivity index (χ3v) is 14.7. The second-order valence-electron chi connectivity index (χ2n) is 16.9. The van der Waals surface area contributed by atoms with Gasteiger partial charge < -0.3 is 19.7 Å². The number of carbonyl (C=O) groups is 1. The van der Waals surface area contributed by atoms with Gasteiger partial charge in [0.2, 0.25) is 0 Å². The van der Waals surface area contributed by atoms with Gasteiger partial charge in [-0.3, -0.25) is 4.79 Å². The monoisotopic (exact) mass is 598 g/mol. The summed E-state index contributed by atoms with van der Waals surface area (Å²) in [5.74, 6) is -3.14. The Morgan fingerprint density at radius 2 is 1.66 bits per heavy atom. The predicted octanol–water partition coefficient (Wildman–Crippen LogP) is 6.58. The molecule has 2 N–H and O–H groups in total. The molecule has 8 heteroatoms. The smallest absolute Gasteiger partial charge is 0.306 e. The van der Waals surface area contributed by atoms with Crippen molar-refractivity contribution in [1.29, 1.82) is 0 Å². The summed E-state index contributed by atoms with van der Waals surface area (Å²) in [5.41, 5.74) is -3.62. The Morgan fingerprint density at radius 1 is 1.00 bits per heavy atom. The molecule has 0 amide bonds. The molecule has 0 bridgehead atoms. The molecule has 5 nitrogen and oxygen atoms in total. The van der Waals surface area contributed by atoms with E-state index in [-0.39, 0.29) is 58.4 Å². The lowest BCUT2D eigenvalue weighted by molar-refractivity contribution is -0.251. The average Bonchev–Trinajstić information content (AvgIpc) is 3.21. The van der Waals surface area contributed by atoms with Crippen molar-refractivity contribution in [2.24, 2.45) is 44.8 Å². The maximum Gasteiger partial charge on any atom is 0.306 e. The van der Waals surface area contributed by atoms with E-state index in [2.05, 4.69) is 33.4 Å². The highest BCUT2D eigenvalue weighted by Crippen LogP contribution is 2.90. The van der Waals surface area contributed by atoms with Gasteiger partial charge in [0.1, 0.15) is 6.10 Å². The van der Waals surface area contributed by atoms with Gasteiger partial charge in [-0.05, 0) is 99.7 Å². The van der Waals surface area contributed by atoms with Gasteiger partial charge in [0.05, 0.1) is 29.8 Å². The lowest BCUT2D eigenvalue weighted by Crippen LogP contribution is -2.64. The SMILES string of the molecule is CC(C)(O)[C@@H]1CC[C@@](C)([C@H]2[C@@H](O)C[C@@]3(C)[C@@H]4C[C@H](OC(=O)CCS)[C@H]5C(C)(C)C(F)(F)CC[C@@]56C[C@@]46CC[C@]23C)O1. The van der Waals surface area contributed by atoms with Crippen LogP contribution in [0.1, 0.15) is 113 Å². The van der Waals surface area contributed by atoms with Crippen LogP contribution >= 0.6 is 12.6 Å². The molecule has 0 unspecified atom stereocenters. The average molecular weight is 599 g/mol. The van der Waals surface area contributed by atoms with E-state index in [0.717, 1.165) is 32.1 Å². The molecular weight excluding hydrogens is 546 g/mol. The minimum Gasteiger partial charge on any atom is -0.462 e. The molecule has 1 heterocycles. The fourth-order valence-corrected chi connectivity index (χ4v) is 12.6. The maximum atomic E-state index is 15.6. The van der Waals surface area contributed by atoms with Crippen molar-refractivity contribution in [3.63, 3.8) is 0 Å². The van der Waals surface area contributed by atoms with Crippen molar-refractivity contribution < 1.29 is 33.3 Å². The number of thiol groups is 1. The van der Waals surface area contributed by atoms with Crippen molar-refractivity contribution >= 4 is 18.6 Å². The van der Waals surface area contributed by atoms with E-state index >= 15 is 8.78 Å². The first-order chi connectivity index (χ1) is 18.7. The summed E-state index contributed by atoms with van der Waals surface area (Å²) < 4.78 is 44.0. The van der Waals surface area contributed by atoms with Crippen LogP contribution in [0.2, 0.25) is 0 Å². The zero-order valence-corrected chi connectivity index (χ0v) is 27.0. The number of ether oxygens (including phenoxy) is 2. The first-order valence-corrected chi connectivity index (χ1v) is 16.6. The van der Waals surface area contributed by atoms with Crippen LogP contribution in [0.5, 0.6) is 0 Å². The molecule has 11 atom stereocenters. The van der Waals surface area contributed by atoms with E-state index in [9.17, 15) is 15.0 Å². The molecule has 1 aliphatic heterocycles. The van der Waals surface area contributed by atoms with Gasteiger partial charge in [0.25, 0.3) is 5.92 Å². The molecule has 2 spiro atoms. The molecule has 5 saturated carbocycles. The highest BCUT2D eigenvalue weighted by Gasteiger charge is 2.86. The second-order valence-corrected chi connectivity index (χ2v) is 17.3. The Labute approximate surface area is 250 Å². The molecule has 0 radical (unpaired) electrons. The third kappa shape index (κ3) is 3.78. The summed E-state index contributed by atoms with van der Waals surface area (Å²) >= 11 is 4.22. The van der Waals surface area contributed by atoms with Gasteiger partial charge >= 0.3 is 5.97 Å². The molecule has 0 aromatic rings. The van der Waals surface area contributed by atoms with Crippen LogP contribution in [-0.2, 0) is 14.3 Å².